The number of hydrogen-bond donors (Lipinski definition) is 1. The van der Waals surface area contributed by atoms with E-state index < -0.39 is 0 Å². The third kappa shape index (κ3) is 5.22. The number of benzene rings is 2. The second kappa shape index (κ2) is 10.3. The summed E-state index contributed by atoms with van der Waals surface area (Å²) in [6.45, 7) is 7.58. The van der Waals surface area contributed by atoms with E-state index >= 15 is 0 Å². The molecule has 7 nitrogen and oxygen atoms in total. The Morgan fingerprint density at radius 2 is 1.73 bits per heavy atom. The summed E-state index contributed by atoms with van der Waals surface area (Å²) in [6, 6.07) is 15.7. The minimum absolute atomic E-state index is 0.0332. The molecule has 1 N–H and O–H groups in total. The molecule has 1 saturated heterocycles. The second-order valence-electron chi connectivity index (χ2n) is 10.3. The predicted molar refractivity (Wildman–Crippen MR) is 145 cm³/mol. The standard InChI is InChI=1S/C30H35N5O2/c1-19-7-5-6-8-25(19)29(36)33-27-12-11-22-9-10-23(18-26(22)27)30(37)34(4)24-13-15-35(16-14-24)28-17-20(2)31-21(3)32-28/h5-10,17-18,24,27H,11-16H2,1-4H3,(H,33,36)/t27-/m1/s1. The molecule has 192 valence electrons. The Balaban J connectivity index is 1.25. The number of nitrogens with zero attached hydrogens (tertiary/aromatic N) is 4. The van der Waals surface area contributed by atoms with Crippen LogP contribution in [-0.2, 0) is 6.42 Å². The van der Waals surface area contributed by atoms with Crippen molar-refractivity contribution in [1.29, 1.82) is 0 Å². The Labute approximate surface area is 218 Å². The minimum atomic E-state index is -0.0804. The van der Waals surface area contributed by atoms with Crippen LogP contribution < -0.4 is 10.2 Å². The average Bonchev–Trinajstić information content (AvgIpc) is 3.29. The van der Waals surface area contributed by atoms with Crippen molar-refractivity contribution in [3.05, 3.63) is 87.9 Å². The number of piperidine rings is 1. The van der Waals surface area contributed by atoms with Crippen LogP contribution in [0.25, 0.3) is 0 Å². The average molecular weight is 498 g/mol. The molecule has 0 bridgehead atoms. The van der Waals surface area contributed by atoms with Gasteiger partial charge in [0.2, 0.25) is 0 Å². The summed E-state index contributed by atoms with van der Waals surface area (Å²) in [5.74, 6) is 1.72. The van der Waals surface area contributed by atoms with E-state index in [1.807, 2.05) is 75.2 Å². The summed E-state index contributed by atoms with van der Waals surface area (Å²) >= 11 is 0. The summed E-state index contributed by atoms with van der Waals surface area (Å²) in [5.41, 5.74) is 5.58. The molecule has 1 aromatic heterocycles. The molecule has 7 heteroatoms. The first kappa shape index (κ1) is 24.9. The number of carbonyl (C=O) groups is 2. The van der Waals surface area contributed by atoms with Crippen molar-refractivity contribution in [2.45, 2.75) is 58.5 Å². The fourth-order valence-electron chi connectivity index (χ4n) is 5.66. The predicted octanol–water partition coefficient (Wildman–Crippen LogP) is 4.56. The number of hydrogen-bond acceptors (Lipinski definition) is 5. The molecule has 1 aliphatic heterocycles. The first-order chi connectivity index (χ1) is 17.8. The maximum atomic E-state index is 13.5. The van der Waals surface area contributed by atoms with Gasteiger partial charge in [0.05, 0.1) is 6.04 Å². The van der Waals surface area contributed by atoms with Crippen molar-refractivity contribution < 1.29 is 9.59 Å². The highest BCUT2D eigenvalue weighted by Crippen LogP contribution is 2.33. The van der Waals surface area contributed by atoms with Crippen LogP contribution in [0.15, 0.2) is 48.5 Å². The topological polar surface area (TPSA) is 78.4 Å². The number of fused-ring (bicyclic) bond motifs is 1. The molecule has 2 amide bonds. The van der Waals surface area contributed by atoms with Gasteiger partial charge in [0.1, 0.15) is 11.6 Å². The van der Waals surface area contributed by atoms with E-state index in [1.165, 1.54) is 5.56 Å². The fraction of sp³-hybridized carbons (Fsp3) is 0.400. The third-order valence-electron chi connectivity index (χ3n) is 7.77. The number of carbonyl (C=O) groups excluding carboxylic acids is 2. The van der Waals surface area contributed by atoms with Crippen LogP contribution in [0.1, 0.15) is 74.2 Å². The summed E-state index contributed by atoms with van der Waals surface area (Å²) in [4.78, 5) is 39.6. The van der Waals surface area contributed by atoms with Gasteiger partial charge in [-0.2, -0.15) is 0 Å². The minimum Gasteiger partial charge on any atom is -0.356 e. The van der Waals surface area contributed by atoms with Gasteiger partial charge in [-0.1, -0.05) is 24.3 Å². The monoisotopic (exact) mass is 497 g/mol. The molecule has 0 radical (unpaired) electrons. The molecule has 2 aliphatic rings. The van der Waals surface area contributed by atoms with Crippen molar-refractivity contribution >= 4 is 17.6 Å². The molecule has 0 spiro atoms. The van der Waals surface area contributed by atoms with E-state index in [0.29, 0.717) is 11.1 Å². The molecule has 0 unspecified atom stereocenters. The zero-order valence-electron chi connectivity index (χ0n) is 22.1. The van der Waals surface area contributed by atoms with Gasteiger partial charge in [-0.25, -0.2) is 9.97 Å². The SMILES string of the molecule is Cc1cc(N2CCC(N(C)C(=O)c3ccc4c(c3)[C@H](NC(=O)c3ccccc3C)CC4)CC2)nc(C)n1. The molecule has 1 aliphatic carbocycles. The van der Waals surface area contributed by atoms with Gasteiger partial charge >= 0.3 is 0 Å². The smallest absolute Gasteiger partial charge is 0.253 e. The lowest BCUT2D eigenvalue weighted by Gasteiger charge is -2.37. The van der Waals surface area contributed by atoms with Gasteiger partial charge in [0, 0.05) is 49.1 Å². The van der Waals surface area contributed by atoms with E-state index in [1.54, 1.807) is 0 Å². The van der Waals surface area contributed by atoms with Gasteiger partial charge in [-0.3, -0.25) is 9.59 Å². The molecule has 2 aromatic carbocycles. The summed E-state index contributed by atoms with van der Waals surface area (Å²) in [5, 5.41) is 3.20. The molecule has 37 heavy (non-hydrogen) atoms. The van der Waals surface area contributed by atoms with E-state index in [9.17, 15) is 9.59 Å². The number of aromatic nitrogens is 2. The Morgan fingerprint density at radius 1 is 0.973 bits per heavy atom. The number of aryl methyl sites for hydroxylation is 4. The molecule has 1 atom stereocenters. The van der Waals surface area contributed by atoms with Crippen LogP contribution >= 0.6 is 0 Å². The highest BCUT2D eigenvalue weighted by atomic mass is 16.2. The third-order valence-corrected chi connectivity index (χ3v) is 7.77. The number of nitrogens with one attached hydrogen (secondary N) is 1. The first-order valence-corrected chi connectivity index (χ1v) is 13.1. The normalized spacial score (nSPS) is 17.4. The molecule has 0 saturated carbocycles. The van der Waals surface area contributed by atoms with Gasteiger partial charge in [0.15, 0.2) is 0 Å². The van der Waals surface area contributed by atoms with Crippen molar-refractivity contribution in [3.63, 3.8) is 0 Å². The molecule has 2 heterocycles. The number of rotatable bonds is 5. The summed E-state index contributed by atoms with van der Waals surface area (Å²) < 4.78 is 0. The van der Waals surface area contributed by atoms with E-state index in [2.05, 4.69) is 26.3 Å². The molecular formula is C30H35N5O2. The van der Waals surface area contributed by atoms with Crippen molar-refractivity contribution in [2.75, 3.05) is 25.0 Å². The van der Waals surface area contributed by atoms with Crippen LogP contribution in [0.4, 0.5) is 5.82 Å². The Bertz CT molecular complexity index is 1310. The quantitative estimate of drug-likeness (QED) is 0.559. The maximum absolute atomic E-state index is 13.5. The summed E-state index contributed by atoms with van der Waals surface area (Å²) in [6.07, 6.45) is 3.54. The van der Waals surface area contributed by atoms with E-state index in [4.69, 9.17) is 0 Å². The zero-order valence-corrected chi connectivity index (χ0v) is 22.1. The van der Waals surface area contributed by atoms with E-state index in [0.717, 1.165) is 67.2 Å². The van der Waals surface area contributed by atoms with E-state index in [-0.39, 0.29) is 23.9 Å². The second-order valence-corrected chi connectivity index (χ2v) is 10.3. The maximum Gasteiger partial charge on any atom is 0.253 e. The Kier molecular flexibility index (Phi) is 6.96. The molecule has 1 fully saturated rings. The van der Waals surface area contributed by atoms with Crippen LogP contribution in [0.5, 0.6) is 0 Å². The van der Waals surface area contributed by atoms with Crippen molar-refractivity contribution in [2.24, 2.45) is 0 Å². The lowest BCUT2D eigenvalue weighted by Crippen LogP contribution is -2.46. The lowest BCUT2D eigenvalue weighted by atomic mass is 10.00. The fourth-order valence-corrected chi connectivity index (χ4v) is 5.66. The van der Waals surface area contributed by atoms with Crippen LogP contribution in [-0.4, -0.2) is 52.9 Å². The Morgan fingerprint density at radius 3 is 2.46 bits per heavy atom. The van der Waals surface area contributed by atoms with Gasteiger partial charge < -0.3 is 15.1 Å². The molecular weight excluding hydrogens is 462 g/mol. The first-order valence-electron chi connectivity index (χ1n) is 13.1. The summed E-state index contributed by atoms with van der Waals surface area (Å²) in [7, 11) is 1.91. The van der Waals surface area contributed by atoms with Crippen LogP contribution in [0, 0.1) is 20.8 Å². The van der Waals surface area contributed by atoms with Crippen molar-refractivity contribution in [3.8, 4) is 0 Å². The number of anilines is 1. The number of amides is 2. The molecule has 3 aromatic rings. The highest BCUT2D eigenvalue weighted by Gasteiger charge is 2.29. The highest BCUT2D eigenvalue weighted by molar-refractivity contribution is 5.96. The van der Waals surface area contributed by atoms with Gasteiger partial charge in [-0.05, 0) is 81.3 Å². The van der Waals surface area contributed by atoms with Crippen LogP contribution in [0.3, 0.4) is 0 Å². The lowest BCUT2D eigenvalue weighted by molar-refractivity contribution is 0.0709. The van der Waals surface area contributed by atoms with Crippen molar-refractivity contribution in [1.82, 2.24) is 20.2 Å². The Hall–Kier alpha value is -3.74. The van der Waals surface area contributed by atoms with Crippen LogP contribution in [0.2, 0.25) is 0 Å². The van der Waals surface area contributed by atoms with Gasteiger partial charge in [0.25, 0.3) is 11.8 Å². The zero-order chi connectivity index (χ0) is 26.1. The largest absolute Gasteiger partial charge is 0.356 e. The van der Waals surface area contributed by atoms with Gasteiger partial charge in [-0.15, -0.1) is 0 Å². The molecule has 5 rings (SSSR count).